The maximum atomic E-state index is 12.7. The number of carbonyl (C=O) groups excluding carboxylic acids is 1. The Balaban J connectivity index is 1.87. The van der Waals surface area contributed by atoms with E-state index >= 15 is 0 Å². The van der Waals surface area contributed by atoms with Crippen molar-refractivity contribution in [1.29, 1.82) is 0 Å². The van der Waals surface area contributed by atoms with Gasteiger partial charge in [-0.15, -0.1) is 0 Å². The summed E-state index contributed by atoms with van der Waals surface area (Å²) in [4.78, 5) is 18.9. The van der Waals surface area contributed by atoms with Crippen molar-refractivity contribution in [3.63, 3.8) is 0 Å². The largest absolute Gasteiger partial charge is 0.329 e. The van der Waals surface area contributed by atoms with Gasteiger partial charge in [0.1, 0.15) is 4.88 Å². The van der Waals surface area contributed by atoms with Gasteiger partial charge in [-0.3, -0.25) is 9.78 Å². The first-order valence-electron chi connectivity index (χ1n) is 6.86. The maximum absolute atomic E-state index is 12.7. The normalized spacial score (nSPS) is 19.9. The Morgan fingerprint density at radius 1 is 1.36 bits per heavy atom. The molecular weight excluding hydrogens is 322 g/mol. The Labute approximate surface area is 132 Å². The van der Waals surface area contributed by atoms with Crippen LogP contribution < -0.4 is 0 Å². The molecule has 0 N–H and O–H groups in total. The van der Waals surface area contributed by atoms with Gasteiger partial charge in [0.2, 0.25) is 0 Å². The van der Waals surface area contributed by atoms with E-state index in [1.165, 1.54) is 0 Å². The number of pyridine rings is 1. The van der Waals surface area contributed by atoms with Crippen molar-refractivity contribution in [2.75, 3.05) is 11.5 Å². The summed E-state index contributed by atoms with van der Waals surface area (Å²) in [5.41, 5.74) is 0.879. The molecule has 1 fully saturated rings. The van der Waals surface area contributed by atoms with Crippen molar-refractivity contribution in [2.45, 2.75) is 19.0 Å². The summed E-state index contributed by atoms with van der Waals surface area (Å²) in [5, 5.41) is 0. The molecule has 0 radical (unpaired) electrons. The topological polar surface area (TPSA) is 80.2 Å². The standard InChI is InChI=1S/C14H15N3O3S2/c18-14(13-3-6-16-21-13)17(9-11-2-1-5-15-8-11)12-4-7-22(19,20)10-12/h1-3,5-6,8,12H,4,7,9-10H2. The van der Waals surface area contributed by atoms with Gasteiger partial charge in [-0.05, 0) is 35.6 Å². The van der Waals surface area contributed by atoms with Crippen molar-refractivity contribution >= 4 is 27.3 Å². The van der Waals surface area contributed by atoms with Gasteiger partial charge in [0.05, 0.1) is 11.5 Å². The fourth-order valence-corrected chi connectivity index (χ4v) is 4.83. The average Bonchev–Trinajstić information content (AvgIpc) is 3.14. The zero-order valence-corrected chi connectivity index (χ0v) is 13.4. The number of amides is 1. The second-order valence-electron chi connectivity index (χ2n) is 5.23. The van der Waals surface area contributed by atoms with Gasteiger partial charge in [0.25, 0.3) is 5.91 Å². The lowest BCUT2D eigenvalue weighted by molar-refractivity contribution is 0.0686. The summed E-state index contributed by atoms with van der Waals surface area (Å²) in [6, 6.07) is 5.05. The molecule has 1 saturated heterocycles. The number of sulfone groups is 1. The average molecular weight is 337 g/mol. The van der Waals surface area contributed by atoms with Crippen molar-refractivity contribution in [1.82, 2.24) is 14.3 Å². The molecule has 6 nitrogen and oxygen atoms in total. The van der Waals surface area contributed by atoms with Crippen LogP contribution in [0.25, 0.3) is 0 Å². The number of rotatable bonds is 4. The summed E-state index contributed by atoms with van der Waals surface area (Å²) in [6.45, 7) is 0.352. The van der Waals surface area contributed by atoms with Crippen LogP contribution in [-0.4, -0.2) is 46.1 Å². The molecule has 0 saturated carbocycles. The van der Waals surface area contributed by atoms with Crippen LogP contribution in [0.4, 0.5) is 0 Å². The maximum Gasteiger partial charge on any atom is 0.266 e. The molecule has 116 valence electrons. The minimum Gasteiger partial charge on any atom is -0.329 e. The highest BCUT2D eigenvalue weighted by Gasteiger charge is 2.35. The highest BCUT2D eigenvalue weighted by Crippen LogP contribution is 2.23. The zero-order valence-electron chi connectivity index (χ0n) is 11.8. The monoisotopic (exact) mass is 337 g/mol. The van der Waals surface area contributed by atoms with Crippen LogP contribution >= 0.6 is 11.5 Å². The number of hydrogen-bond donors (Lipinski definition) is 0. The Bertz CT molecular complexity index is 745. The van der Waals surface area contributed by atoms with E-state index in [1.807, 2.05) is 6.07 Å². The molecule has 2 aromatic rings. The number of hydrogen-bond acceptors (Lipinski definition) is 6. The van der Waals surface area contributed by atoms with Gasteiger partial charge in [0.15, 0.2) is 9.84 Å². The molecule has 3 rings (SSSR count). The molecule has 22 heavy (non-hydrogen) atoms. The van der Waals surface area contributed by atoms with Gasteiger partial charge < -0.3 is 4.90 Å². The fraction of sp³-hybridized carbons (Fsp3) is 0.357. The predicted molar refractivity (Wildman–Crippen MR) is 83.3 cm³/mol. The van der Waals surface area contributed by atoms with Crippen LogP contribution in [0.3, 0.4) is 0 Å². The minimum atomic E-state index is -3.06. The first-order chi connectivity index (χ1) is 10.6. The van der Waals surface area contributed by atoms with Crippen LogP contribution in [-0.2, 0) is 16.4 Å². The lowest BCUT2D eigenvalue weighted by Crippen LogP contribution is -2.40. The molecule has 3 heterocycles. The van der Waals surface area contributed by atoms with Gasteiger partial charge in [-0.25, -0.2) is 12.8 Å². The van der Waals surface area contributed by atoms with E-state index in [0.717, 1.165) is 17.1 Å². The Morgan fingerprint density at radius 2 is 2.23 bits per heavy atom. The molecule has 1 aliphatic heterocycles. The number of aromatic nitrogens is 2. The van der Waals surface area contributed by atoms with E-state index in [9.17, 15) is 13.2 Å². The smallest absolute Gasteiger partial charge is 0.266 e. The van der Waals surface area contributed by atoms with E-state index in [1.54, 1.807) is 35.6 Å². The van der Waals surface area contributed by atoms with E-state index in [-0.39, 0.29) is 23.5 Å². The molecule has 0 aliphatic carbocycles. The van der Waals surface area contributed by atoms with Crippen LogP contribution in [0.1, 0.15) is 21.7 Å². The molecule has 1 atom stereocenters. The van der Waals surface area contributed by atoms with Gasteiger partial charge in [-0.1, -0.05) is 6.07 Å². The Morgan fingerprint density at radius 3 is 2.82 bits per heavy atom. The quantitative estimate of drug-likeness (QED) is 0.842. The molecule has 1 amide bonds. The van der Waals surface area contributed by atoms with Crippen molar-refractivity contribution in [3.8, 4) is 0 Å². The van der Waals surface area contributed by atoms with Gasteiger partial charge in [0, 0.05) is 31.2 Å². The molecule has 0 aromatic carbocycles. The van der Waals surface area contributed by atoms with Crippen molar-refractivity contribution in [2.24, 2.45) is 0 Å². The molecule has 1 aliphatic rings. The Kier molecular flexibility index (Phi) is 4.21. The van der Waals surface area contributed by atoms with Crippen molar-refractivity contribution in [3.05, 3.63) is 47.2 Å². The Hall–Kier alpha value is -1.80. The third kappa shape index (κ3) is 3.33. The predicted octanol–water partition coefficient (Wildman–Crippen LogP) is 1.37. The van der Waals surface area contributed by atoms with Crippen LogP contribution in [0.5, 0.6) is 0 Å². The summed E-state index contributed by atoms with van der Waals surface area (Å²) in [5.74, 6) is -0.0110. The molecular formula is C14H15N3O3S2. The fourth-order valence-electron chi connectivity index (χ4n) is 2.54. The second kappa shape index (κ2) is 6.13. The zero-order chi connectivity index (χ0) is 15.6. The molecule has 1 unspecified atom stereocenters. The lowest BCUT2D eigenvalue weighted by atomic mass is 10.1. The van der Waals surface area contributed by atoms with Crippen LogP contribution in [0.15, 0.2) is 36.8 Å². The van der Waals surface area contributed by atoms with Gasteiger partial charge >= 0.3 is 0 Å². The van der Waals surface area contributed by atoms with Crippen LogP contribution in [0.2, 0.25) is 0 Å². The summed E-state index contributed by atoms with van der Waals surface area (Å²) in [6.07, 6.45) is 5.41. The first-order valence-corrected chi connectivity index (χ1v) is 9.45. The van der Waals surface area contributed by atoms with E-state index in [0.29, 0.717) is 17.8 Å². The second-order valence-corrected chi connectivity index (χ2v) is 8.29. The molecule has 8 heteroatoms. The third-order valence-corrected chi connectivity index (χ3v) is 6.12. The highest BCUT2D eigenvalue weighted by atomic mass is 32.2. The third-order valence-electron chi connectivity index (χ3n) is 3.63. The number of carbonyl (C=O) groups is 1. The summed E-state index contributed by atoms with van der Waals surface area (Å²) >= 11 is 1.12. The SMILES string of the molecule is O=C(c1ccns1)N(Cc1cccnc1)C1CCS(=O)(=O)C1. The molecule has 2 aromatic heterocycles. The number of nitrogens with zero attached hydrogens (tertiary/aromatic N) is 3. The van der Waals surface area contributed by atoms with Crippen molar-refractivity contribution < 1.29 is 13.2 Å². The lowest BCUT2D eigenvalue weighted by Gasteiger charge is -2.27. The van der Waals surface area contributed by atoms with E-state index in [4.69, 9.17) is 0 Å². The van der Waals surface area contributed by atoms with E-state index in [2.05, 4.69) is 9.36 Å². The highest BCUT2D eigenvalue weighted by molar-refractivity contribution is 7.91. The molecule has 0 bridgehead atoms. The van der Waals surface area contributed by atoms with Gasteiger partial charge in [-0.2, -0.15) is 0 Å². The van der Waals surface area contributed by atoms with Crippen LogP contribution in [0, 0.1) is 0 Å². The first kappa shape index (κ1) is 15.1. The summed E-state index contributed by atoms with van der Waals surface area (Å²) < 4.78 is 27.4. The molecule has 0 spiro atoms. The minimum absolute atomic E-state index is 0.0256. The summed E-state index contributed by atoms with van der Waals surface area (Å²) in [7, 11) is -3.06. The van der Waals surface area contributed by atoms with E-state index < -0.39 is 9.84 Å².